The van der Waals surface area contributed by atoms with Crippen LogP contribution in [0.5, 0.6) is 0 Å². The van der Waals surface area contributed by atoms with Gasteiger partial charge in [-0.25, -0.2) is 0 Å². The zero-order chi connectivity index (χ0) is 15.4. The number of nitrogens with two attached hydrogens (primary N) is 1. The molecule has 0 aromatic heterocycles. The van der Waals surface area contributed by atoms with E-state index in [1.54, 1.807) is 0 Å². The van der Waals surface area contributed by atoms with Crippen molar-refractivity contribution in [1.82, 2.24) is 0 Å². The summed E-state index contributed by atoms with van der Waals surface area (Å²) in [5, 5.41) is 2.92. The fourth-order valence-electron chi connectivity index (χ4n) is 2.01. The van der Waals surface area contributed by atoms with Crippen LogP contribution < -0.4 is 11.1 Å². The number of nitrogen functional groups attached to an aromatic ring is 1. The lowest BCUT2D eigenvalue weighted by Gasteiger charge is -2.13. The van der Waals surface area contributed by atoms with Crippen LogP contribution in [0.15, 0.2) is 51.4 Å². The first-order chi connectivity index (χ1) is 9.95. The second-order valence-corrected chi connectivity index (χ2v) is 6.71. The van der Waals surface area contributed by atoms with Crippen molar-refractivity contribution in [3.8, 4) is 0 Å². The summed E-state index contributed by atoms with van der Waals surface area (Å²) in [5.74, 6) is 0.127. The molecule has 0 aliphatic rings. The summed E-state index contributed by atoms with van der Waals surface area (Å²) in [5.41, 5.74) is 8.28. The molecule has 0 fully saturated rings. The predicted molar refractivity (Wildman–Crippen MR) is 94.4 cm³/mol. The van der Waals surface area contributed by atoms with Gasteiger partial charge in [0, 0.05) is 21.1 Å². The van der Waals surface area contributed by atoms with E-state index in [4.69, 9.17) is 5.73 Å². The SMILES string of the molecule is CC(CC(=O)Nc1ccc(Br)cc1Br)c1ccc(N)cc1. The fraction of sp³-hybridized carbons (Fsp3) is 0.188. The molecule has 3 nitrogen and oxygen atoms in total. The van der Waals surface area contributed by atoms with Crippen LogP contribution in [0.4, 0.5) is 11.4 Å². The van der Waals surface area contributed by atoms with E-state index in [1.165, 1.54) is 0 Å². The number of amides is 1. The first-order valence-electron chi connectivity index (χ1n) is 6.56. The Morgan fingerprint density at radius 3 is 2.48 bits per heavy atom. The Morgan fingerprint density at radius 1 is 1.19 bits per heavy atom. The van der Waals surface area contributed by atoms with Crippen molar-refractivity contribution in [2.75, 3.05) is 11.1 Å². The predicted octanol–water partition coefficient (Wildman–Crippen LogP) is 4.93. The van der Waals surface area contributed by atoms with Gasteiger partial charge < -0.3 is 11.1 Å². The van der Waals surface area contributed by atoms with Crippen LogP contribution in [-0.4, -0.2) is 5.91 Å². The van der Waals surface area contributed by atoms with E-state index in [2.05, 4.69) is 37.2 Å². The van der Waals surface area contributed by atoms with Crippen molar-refractivity contribution in [3.63, 3.8) is 0 Å². The Morgan fingerprint density at radius 2 is 1.86 bits per heavy atom. The minimum Gasteiger partial charge on any atom is -0.399 e. The third-order valence-electron chi connectivity index (χ3n) is 3.20. The number of rotatable bonds is 4. The highest BCUT2D eigenvalue weighted by molar-refractivity contribution is 9.11. The normalized spacial score (nSPS) is 12.0. The van der Waals surface area contributed by atoms with E-state index >= 15 is 0 Å². The van der Waals surface area contributed by atoms with Crippen LogP contribution in [0, 0.1) is 0 Å². The smallest absolute Gasteiger partial charge is 0.225 e. The Kier molecular flexibility index (Phi) is 5.42. The van der Waals surface area contributed by atoms with Crippen molar-refractivity contribution in [1.29, 1.82) is 0 Å². The number of carbonyl (C=O) groups excluding carboxylic acids is 1. The summed E-state index contributed by atoms with van der Waals surface area (Å²) in [4.78, 5) is 12.1. The van der Waals surface area contributed by atoms with Gasteiger partial charge >= 0.3 is 0 Å². The number of nitrogens with one attached hydrogen (secondary N) is 1. The van der Waals surface area contributed by atoms with E-state index in [0.29, 0.717) is 6.42 Å². The summed E-state index contributed by atoms with van der Waals surface area (Å²) < 4.78 is 1.81. The molecule has 21 heavy (non-hydrogen) atoms. The van der Waals surface area contributed by atoms with Gasteiger partial charge in [-0.1, -0.05) is 35.0 Å². The lowest BCUT2D eigenvalue weighted by molar-refractivity contribution is -0.116. The number of benzene rings is 2. The highest BCUT2D eigenvalue weighted by Gasteiger charge is 2.12. The molecule has 0 spiro atoms. The van der Waals surface area contributed by atoms with Crippen LogP contribution in [-0.2, 0) is 4.79 Å². The van der Waals surface area contributed by atoms with E-state index < -0.39 is 0 Å². The van der Waals surface area contributed by atoms with Gasteiger partial charge in [0.25, 0.3) is 0 Å². The summed E-state index contributed by atoms with van der Waals surface area (Å²) >= 11 is 6.82. The molecule has 0 aliphatic heterocycles. The molecule has 0 radical (unpaired) electrons. The standard InChI is InChI=1S/C16H16Br2N2O/c1-10(11-2-5-13(19)6-3-11)8-16(21)20-15-7-4-12(17)9-14(15)18/h2-7,9-10H,8,19H2,1H3,(H,20,21). The van der Waals surface area contributed by atoms with Gasteiger partial charge in [0.15, 0.2) is 0 Å². The summed E-state index contributed by atoms with van der Waals surface area (Å²) in [6, 6.07) is 13.3. The van der Waals surface area contributed by atoms with Gasteiger partial charge in [0.1, 0.15) is 0 Å². The third-order valence-corrected chi connectivity index (χ3v) is 4.35. The van der Waals surface area contributed by atoms with E-state index in [1.807, 2.05) is 49.4 Å². The molecule has 0 aliphatic carbocycles. The van der Waals surface area contributed by atoms with E-state index in [0.717, 1.165) is 25.9 Å². The number of anilines is 2. The third kappa shape index (κ3) is 4.58. The van der Waals surface area contributed by atoms with E-state index in [9.17, 15) is 4.79 Å². The molecule has 2 aromatic carbocycles. The van der Waals surface area contributed by atoms with Crippen LogP contribution in [0.3, 0.4) is 0 Å². The lowest BCUT2D eigenvalue weighted by atomic mass is 9.97. The van der Waals surface area contributed by atoms with Crippen LogP contribution in [0.2, 0.25) is 0 Å². The summed E-state index contributed by atoms with van der Waals surface area (Å²) in [6.45, 7) is 2.03. The topological polar surface area (TPSA) is 55.1 Å². The average Bonchev–Trinajstić information content (AvgIpc) is 2.42. The Balaban J connectivity index is 1.99. The molecule has 5 heteroatoms. The Hall–Kier alpha value is -1.33. The van der Waals surface area contributed by atoms with Crippen molar-refractivity contribution in [2.24, 2.45) is 0 Å². The van der Waals surface area contributed by atoms with Gasteiger partial charge in [0.05, 0.1) is 5.69 Å². The van der Waals surface area contributed by atoms with Gasteiger partial charge in [-0.05, 0) is 57.7 Å². The fourth-order valence-corrected chi connectivity index (χ4v) is 3.16. The monoisotopic (exact) mass is 410 g/mol. The number of hydrogen-bond donors (Lipinski definition) is 2. The summed E-state index contributed by atoms with van der Waals surface area (Å²) in [6.07, 6.45) is 0.423. The van der Waals surface area contributed by atoms with Crippen LogP contribution in [0.1, 0.15) is 24.8 Å². The molecule has 3 N–H and O–H groups in total. The number of halogens is 2. The first kappa shape index (κ1) is 16.0. The molecule has 0 heterocycles. The molecule has 0 saturated carbocycles. The quantitative estimate of drug-likeness (QED) is 0.701. The highest BCUT2D eigenvalue weighted by atomic mass is 79.9. The first-order valence-corrected chi connectivity index (χ1v) is 8.14. The molecule has 1 atom stereocenters. The van der Waals surface area contributed by atoms with Crippen molar-refractivity contribution in [3.05, 3.63) is 57.0 Å². The minimum atomic E-state index is -0.0117. The molecule has 2 aromatic rings. The molecular formula is C16H16Br2N2O. The van der Waals surface area contributed by atoms with Gasteiger partial charge in [-0.15, -0.1) is 0 Å². The zero-order valence-corrected chi connectivity index (χ0v) is 14.7. The molecule has 0 bridgehead atoms. The molecular weight excluding hydrogens is 396 g/mol. The maximum absolute atomic E-state index is 12.1. The number of carbonyl (C=O) groups is 1. The maximum Gasteiger partial charge on any atom is 0.225 e. The van der Waals surface area contributed by atoms with Crippen LogP contribution >= 0.6 is 31.9 Å². The number of hydrogen-bond acceptors (Lipinski definition) is 2. The second kappa shape index (κ2) is 7.09. The Labute approximate surface area is 141 Å². The lowest BCUT2D eigenvalue weighted by Crippen LogP contribution is -2.14. The highest BCUT2D eigenvalue weighted by Crippen LogP contribution is 2.27. The van der Waals surface area contributed by atoms with Crippen LogP contribution in [0.25, 0.3) is 0 Å². The van der Waals surface area contributed by atoms with Gasteiger partial charge in [-0.3, -0.25) is 4.79 Å². The molecule has 2 rings (SSSR count). The molecule has 0 saturated heterocycles. The van der Waals surface area contributed by atoms with Crippen molar-refractivity contribution >= 4 is 49.1 Å². The van der Waals surface area contributed by atoms with Crippen molar-refractivity contribution < 1.29 is 4.79 Å². The zero-order valence-electron chi connectivity index (χ0n) is 11.6. The van der Waals surface area contributed by atoms with Gasteiger partial charge in [-0.2, -0.15) is 0 Å². The maximum atomic E-state index is 12.1. The van der Waals surface area contributed by atoms with E-state index in [-0.39, 0.29) is 11.8 Å². The van der Waals surface area contributed by atoms with Crippen molar-refractivity contribution in [2.45, 2.75) is 19.3 Å². The largest absolute Gasteiger partial charge is 0.399 e. The molecule has 1 unspecified atom stereocenters. The summed E-state index contributed by atoms with van der Waals surface area (Å²) in [7, 11) is 0. The second-order valence-electron chi connectivity index (χ2n) is 4.94. The minimum absolute atomic E-state index is 0.0117. The average molecular weight is 412 g/mol. The molecule has 110 valence electrons. The molecule has 1 amide bonds. The Bertz CT molecular complexity index is 641. The van der Waals surface area contributed by atoms with Gasteiger partial charge in [0.2, 0.25) is 5.91 Å².